The number of carbonyl (C=O) groups excluding carboxylic acids is 1. The van der Waals surface area contributed by atoms with Crippen LogP contribution in [0.3, 0.4) is 0 Å². The van der Waals surface area contributed by atoms with Gasteiger partial charge >= 0.3 is 0 Å². The number of rotatable bonds is 4. The van der Waals surface area contributed by atoms with Crippen molar-refractivity contribution in [3.63, 3.8) is 0 Å². The summed E-state index contributed by atoms with van der Waals surface area (Å²) >= 11 is 6.42. The van der Waals surface area contributed by atoms with Crippen LogP contribution in [0.1, 0.15) is 36.9 Å². The molecule has 1 aromatic carbocycles. The number of hydrogen-bond donors (Lipinski definition) is 1. The van der Waals surface area contributed by atoms with Crippen molar-refractivity contribution in [3.05, 3.63) is 64.9 Å². The van der Waals surface area contributed by atoms with E-state index in [1.54, 1.807) is 12.4 Å². The zero-order valence-electron chi connectivity index (χ0n) is 13.7. The third-order valence-electron chi connectivity index (χ3n) is 4.72. The van der Waals surface area contributed by atoms with E-state index < -0.39 is 5.41 Å². The van der Waals surface area contributed by atoms with Gasteiger partial charge in [0.15, 0.2) is 0 Å². The summed E-state index contributed by atoms with van der Waals surface area (Å²) in [5.41, 5.74) is 1.27. The molecule has 0 saturated carbocycles. The van der Waals surface area contributed by atoms with Crippen LogP contribution in [0.15, 0.2) is 48.8 Å². The van der Waals surface area contributed by atoms with Crippen LogP contribution >= 0.6 is 11.6 Å². The number of halogens is 1. The predicted octanol–water partition coefficient (Wildman–Crippen LogP) is 3.66. The number of amides is 1. The van der Waals surface area contributed by atoms with E-state index in [-0.39, 0.29) is 11.9 Å². The van der Waals surface area contributed by atoms with Gasteiger partial charge in [-0.3, -0.25) is 9.78 Å². The second-order valence-electron chi connectivity index (χ2n) is 6.15. The lowest BCUT2D eigenvalue weighted by Crippen LogP contribution is -2.48. The van der Waals surface area contributed by atoms with E-state index in [0.29, 0.717) is 31.1 Å². The minimum absolute atomic E-state index is 0.00297. The number of pyridine rings is 1. The van der Waals surface area contributed by atoms with Crippen molar-refractivity contribution >= 4 is 17.5 Å². The molecule has 0 spiro atoms. The highest BCUT2D eigenvalue weighted by atomic mass is 35.5. The summed E-state index contributed by atoms with van der Waals surface area (Å²) in [5.74, 6) is 0.00297. The highest BCUT2D eigenvalue weighted by Crippen LogP contribution is 2.39. The molecule has 1 amide bonds. The predicted molar refractivity (Wildman–Crippen MR) is 94.0 cm³/mol. The second-order valence-corrected chi connectivity index (χ2v) is 6.56. The van der Waals surface area contributed by atoms with E-state index in [4.69, 9.17) is 16.3 Å². The van der Waals surface area contributed by atoms with Gasteiger partial charge in [-0.1, -0.05) is 29.8 Å². The molecular weight excluding hydrogens is 324 g/mol. The molecule has 1 atom stereocenters. The molecule has 24 heavy (non-hydrogen) atoms. The topological polar surface area (TPSA) is 51.2 Å². The summed E-state index contributed by atoms with van der Waals surface area (Å²) in [6.07, 6.45) is 4.73. The number of hydrogen-bond acceptors (Lipinski definition) is 3. The summed E-state index contributed by atoms with van der Waals surface area (Å²) in [6.45, 7) is 3.09. The summed E-state index contributed by atoms with van der Waals surface area (Å²) in [4.78, 5) is 17.2. The van der Waals surface area contributed by atoms with Crippen LogP contribution < -0.4 is 5.32 Å². The zero-order valence-corrected chi connectivity index (χ0v) is 14.4. The Bertz CT molecular complexity index is 700. The molecule has 126 valence electrons. The smallest absolute Gasteiger partial charge is 0.231 e. The highest BCUT2D eigenvalue weighted by Gasteiger charge is 2.43. The van der Waals surface area contributed by atoms with Crippen molar-refractivity contribution in [2.24, 2.45) is 0 Å². The molecule has 0 aliphatic carbocycles. The molecule has 1 aromatic heterocycles. The number of nitrogens with zero attached hydrogens (tertiary/aromatic N) is 1. The third kappa shape index (κ3) is 3.30. The van der Waals surface area contributed by atoms with Crippen LogP contribution in [0, 0.1) is 0 Å². The monoisotopic (exact) mass is 344 g/mol. The standard InChI is InChI=1S/C19H21ClN2O2/c1-14(15-6-10-21-11-7-15)22-18(23)19(8-12-24-13-9-19)16-4-2-3-5-17(16)20/h2-7,10-11,14H,8-9,12-13H2,1H3,(H,22,23)/t14-/m1/s1. The lowest BCUT2D eigenvalue weighted by molar-refractivity contribution is -0.131. The van der Waals surface area contributed by atoms with E-state index >= 15 is 0 Å². The van der Waals surface area contributed by atoms with Gasteiger partial charge in [-0.25, -0.2) is 0 Å². The largest absolute Gasteiger partial charge is 0.381 e. The fourth-order valence-electron chi connectivity index (χ4n) is 3.26. The zero-order chi connectivity index (χ0) is 17.0. The van der Waals surface area contributed by atoms with Crippen LogP contribution in [0.2, 0.25) is 5.02 Å². The molecule has 1 N–H and O–H groups in total. The summed E-state index contributed by atoms with van der Waals surface area (Å²) in [7, 11) is 0. The Morgan fingerprint density at radius 2 is 1.88 bits per heavy atom. The molecule has 1 aliphatic rings. The van der Waals surface area contributed by atoms with Crippen molar-refractivity contribution in [3.8, 4) is 0 Å². The molecule has 0 bridgehead atoms. The molecular formula is C19H21ClN2O2. The fraction of sp³-hybridized carbons (Fsp3) is 0.368. The van der Waals surface area contributed by atoms with Gasteiger partial charge in [-0.15, -0.1) is 0 Å². The SMILES string of the molecule is C[C@@H](NC(=O)C1(c2ccccc2Cl)CCOCC1)c1ccncc1. The average Bonchev–Trinajstić information content (AvgIpc) is 2.63. The maximum absolute atomic E-state index is 13.2. The van der Waals surface area contributed by atoms with Crippen molar-refractivity contribution in [2.45, 2.75) is 31.2 Å². The molecule has 0 unspecified atom stereocenters. The van der Waals surface area contributed by atoms with Gasteiger partial charge in [0.1, 0.15) is 0 Å². The van der Waals surface area contributed by atoms with Gasteiger partial charge < -0.3 is 10.1 Å². The third-order valence-corrected chi connectivity index (χ3v) is 5.05. The second kappa shape index (κ2) is 7.32. The molecule has 3 rings (SSSR count). The number of ether oxygens (including phenoxy) is 1. The Kier molecular flexibility index (Phi) is 5.17. The first-order chi connectivity index (χ1) is 11.6. The van der Waals surface area contributed by atoms with Gasteiger partial charge in [-0.2, -0.15) is 0 Å². The molecule has 1 saturated heterocycles. The molecule has 2 aromatic rings. The Balaban J connectivity index is 1.89. The molecule has 1 fully saturated rings. The molecule has 2 heterocycles. The van der Waals surface area contributed by atoms with E-state index in [0.717, 1.165) is 11.1 Å². The summed E-state index contributed by atoms with van der Waals surface area (Å²) in [6, 6.07) is 11.3. The summed E-state index contributed by atoms with van der Waals surface area (Å²) in [5, 5.41) is 3.78. The lowest BCUT2D eigenvalue weighted by Gasteiger charge is -2.37. The van der Waals surface area contributed by atoms with E-state index in [2.05, 4.69) is 10.3 Å². The van der Waals surface area contributed by atoms with E-state index in [1.807, 2.05) is 43.3 Å². The Morgan fingerprint density at radius 3 is 2.54 bits per heavy atom. The van der Waals surface area contributed by atoms with Crippen molar-refractivity contribution in [1.29, 1.82) is 0 Å². The van der Waals surface area contributed by atoms with Gasteiger partial charge in [0.2, 0.25) is 5.91 Å². The maximum Gasteiger partial charge on any atom is 0.231 e. The van der Waals surface area contributed by atoms with Crippen LogP contribution in [0.25, 0.3) is 0 Å². The van der Waals surface area contributed by atoms with Gasteiger partial charge in [0.25, 0.3) is 0 Å². The Morgan fingerprint density at radius 1 is 1.21 bits per heavy atom. The van der Waals surface area contributed by atoms with Crippen molar-refractivity contribution < 1.29 is 9.53 Å². The normalized spacial score (nSPS) is 17.9. The number of carbonyl (C=O) groups is 1. The number of nitrogens with one attached hydrogen (secondary N) is 1. The first-order valence-corrected chi connectivity index (χ1v) is 8.55. The molecule has 4 nitrogen and oxygen atoms in total. The first-order valence-electron chi connectivity index (χ1n) is 8.17. The maximum atomic E-state index is 13.2. The molecule has 1 aliphatic heterocycles. The van der Waals surface area contributed by atoms with Crippen LogP contribution in [0.4, 0.5) is 0 Å². The first kappa shape index (κ1) is 16.9. The van der Waals surface area contributed by atoms with Crippen LogP contribution in [-0.2, 0) is 14.9 Å². The Labute approximate surface area is 147 Å². The lowest BCUT2D eigenvalue weighted by atomic mass is 9.73. The molecule has 0 radical (unpaired) electrons. The van der Waals surface area contributed by atoms with Gasteiger partial charge in [-0.05, 0) is 49.1 Å². The van der Waals surface area contributed by atoms with Crippen LogP contribution in [-0.4, -0.2) is 24.1 Å². The quantitative estimate of drug-likeness (QED) is 0.920. The van der Waals surface area contributed by atoms with Gasteiger partial charge in [0, 0.05) is 30.6 Å². The minimum atomic E-state index is -0.641. The minimum Gasteiger partial charge on any atom is -0.381 e. The van der Waals surface area contributed by atoms with Crippen molar-refractivity contribution in [1.82, 2.24) is 10.3 Å². The summed E-state index contributed by atoms with van der Waals surface area (Å²) < 4.78 is 5.49. The highest BCUT2D eigenvalue weighted by molar-refractivity contribution is 6.31. The van der Waals surface area contributed by atoms with Gasteiger partial charge in [0.05, 0.1) is 11.5 Å². The van der Waals surface area contributed by atoms with Crippen molar-refractivity contribution in [2.75, 3.05) is 13.2 Å². The number of aromatic nitrogens is 1. The van der Waals surface area contributed by atoms with E-state index in [9.17, 15) is 4.79 Å². The number of benzene rings is 1. The van der Waals surface area contributed by atoms with Crippen LogP contribution in [0.5, 0.6) is 0 Å². The fourth-order valence-corrected chi connectivity index (χ4v) is 3.57. The van der Waals surface area contributed by atoms with E-state index in [1.165, 1.54) is 0 Å². The average molecular weight is 345 g/mol. The Hall–Kier alpha value is -1.91. The molecule has 5 heteroatoms.